The van der Waals surface area contributed by atoms with Crippen LogP contribution in [0, 0.1) is 6.92 Å². The monoisotopic (exact) mass is 294 g/mol. The quantitative estimate of drug-likeness (QED) is 0.798. The first-order valence-corrected chi connectivity index (χ1v) is 7.48. The Balaban J connectivity index is 1.74. The van der Waals surface area contributed by atoms with Crippen LogP contribution in [0.1, 0.15) is 11.3 Å². The molecule has 1 N–H and O–H groups in total. The summed E-state index contributed by atoms with van der Waals surface area (Å²) in [5.74, 6) is 0. The number of benzene rings is 2. The molecule has 3 aromatic rings. The number of rotatable bonds is 4. The molecule has 0 bridgehead atoms. The summed E-state index contributed by atoms with van der Waals surface area (Å²) in [6, 6.07) is 15.0. The summed E-state index contributed by atoms with van der Waals surface area (Å²) in [5, 5.41) is 9.16. The number of aryl methyl sites for hydroxylation is 2. The third kappa shape index (κ3) is 2.77. The topological polar surface area (TPSA) is 33.1 Å². The summed E-state index contributed by atoms with van der Waals surface area (Å²) in [6.45, 7) is 2.86. The van der Waals surface area contributed by atoms with Gasteiger partial charge in [-0.15, -0.1) is 0 Å². The highest BCUT2D eigenvalue weighted by atomic mass is 15.3. The maximum Gasteiger partial charge on any atom is 0.0702 e. The van der Waals surface area contributed by atoms with Crippen LogP contribution in [-0.4, -0.2) is 23.9 Å². The molecular formula is C18H22N4. The molecule has 0 aliphatic carbocycles. The van der Waals surface area contributed by atoms with Gasteiger partial charge in [0.05, 0.1) is 11.2 Å². The largest absolute Gasteiger partial charge is 0.381 e. The van der Waals surface area contributed by atoms with E-state index >= 15 is 0 Å². The van der Waals surface area contributed by atoms with Crippen LogP contribution in [0.15, 0.2) is 42.5 Å². The van der Waals surface area contributed by atoms with Crippen LogP contribution in [0.4, 0.5) is 11.4 Å². The van der Waals surface area contributed by atoms with Gasteiger partial charge in [-0.05, 0) is 42.8 Å². The highest BCUT2D eigenvalue weighted by molar-refractivity contribution is 5.85. The lowest BCUT2D eigenvalue weighted by Gasteiger charge is -2.13. The first-order chi connectivity index (χ1) is 10.5. The van der Waals surface area contributed by atoms with Gasteiger partial charge >= 0.3 is 0 Å². The lowest BCUT2D eigenvalue weighted by atomic mass is 10.1. The minimum absolute atomic E-state index is 0.816. The van der Waals surface area contributed by atoms with Gasteiger partial charge in [0.2, 0.25) is 0 Å². The van der Waals surface area contributed by atoms with Crippen LogP contribution in [0.5, 0.6) is 0 Å². The fourth-order valence-electron chi connectivity index (χ4n) is 2.66. The first-order valence-electron chi connectivity index (χ1n) is 7.48. The van der Waals surface area contributed by atoms with E-state index in [9.17, 15) is 0 Å². The van der Waals surface area contributed by atoms with Gasteiger partial charge < -0.3 is 10.2 Å². The summed E-state index contributed by atoms with van der Waals surface area (Å²) < 4.78 is 1.93. The van der Waals surface area contributed by atoms with E-state index in [0.29, 0.717) is 0 Å². The molecule has 0 saturated heterocycles. The van der Waals surface area contributed by atoms with Crippen molar-refractivity contribution in [2.75, 3.05) is 24.3 Å². The van der Waals surface area contributed by atoms with Crippen LogP contribution < -0.4 is 10.2 Å². The summed E-state index contributed by atoms with van der Waals surface area (Å²) >= 11 is 0. The minimum Gasteiger partial charge on any atom is -0.381 e. The van der Waals surface area contributed by atoms with Crippen molar-refractivity contribution in [1.82, 2.24) is 9.78 Å². The maximum atomic E-state index is 4.46. The third-order valence-electron chi connectivity index (χ3n) is 3.99. The van der Waals surface area contributed by atoms with E-state index in [2.05, 4.69) is 71.9 Å². The van der Waals surface area contributed by atoms with Gasteiger partial charge in [-0.25, -0.2) is 0 Å². The van der Waals surface area contributed by atoms with E-state index in [1.807, 2.05) is 18.7 Å². The molecule has 0 unspecified atom stereocenters. The van der Waals surface area contributed by atoms with E-state index in [1.165, 1.54) is 16.6 Å². The van der Waals surface area contributed by atoms with E-state index in [4.69, 9.17) is 0 Å². The second kappa shape index (κ2) is 5.72. The molecule has 0 aliphatic rings. The molecule has 0 radical (unpaired) electrons. The Hall–Kier alpha value is -2.49. The van der Waals surface area contributed by atoms with E-state index < -0.39 is 0 Å². The van der Waals surface area contributed by atoms with Crippen molar-refractivity contribution in [2.24, 2.45) is 7.05 Å². The summed E-state index contributed by atoms with van der Waals surface area (Å²) in [4.78, 5) is 2.11. The van der Waals surface area contributed by atoms with Crippen LogP contribution in [-0.2, 0) is 13.6 Å². The van der Waals surface area contributed by atoms with Gasteiger partial charge in [-0.2, -0.15) is 5.10 Å². The Labute approximate surface area is 131 Å². The standard InChI is InChI=1S/C18H22N4/c1-13-17-10-7-15(11-18(17)22(4)20-13)19-12-14-5-8-16(9-6-14)21(2)3/h5-11,19H,12H2,1-4H3. The van der Waals surface area contributed by atoms with E-state index in [1.54, 1.807) is 0 Å². The Kier molecular flexibility index (Phi) is 3.75. The molecular weight excluding hydrogens is 272 g/mol. The normalized spacial score (nSPS) is 10.9. The van der Waals surface area contributed by atoms with Gasteiger partial charge in [-0.1, -0.05) is 12.1 Å². The number of fused-ring (bicyclic) bond motifs is 1. The van der Waals surface area contributed by atoms with Crippen molar-refractivity contribution in [2.45, 2.75) is 13.5 Å². The SMILES string of the molecule is Cc1nn(C)c2cc(NCc3ccc(N(C)C)cc3)ccc12. The second-order valence-corrected chi connectivity index (χ2v) is 5.86. The number of nitrogens with zero attached hydrogens (tertiary/aromatic N) is 3. The lowest BCUT2D eigenvalue weighted by molar-refractivity contribution is 0.783. The maximum absolute atomic E-state index is 4.46. The second-order valence-electron chi connectivity index (χ2n) is 5.86. The molecule has 4 heteroatoms. The summed E-state index contributed by atoms with van der Waals surface area (Å²) in [6.07, 6.45) is 0. The highest BCUT2D eigenvalue weighted by Gasteiger charge is 2.05. The lowest BCUT2D eigenvalue weighted by Crippen LogP contribution is -2.08. The number of nitrogens with one attached hydrogen (secondary N) is 1. The van der Waals surface area contributed by atoms with E-state index in [-0.39, 0.29) is 0 Å². The molecule has 4 nitrogen and oxygen atoms in total. The van der Waals surface area contributed by atoms with Gasteiger partial charge in [0.15, 0.2) is 0 Å². The molecule has 0 amide bonds. The number of hydrogen-bond acceptors (Lipinski definition) is 3. The number of anilines is 2. The van der Waals surface area contributed by atoms with Crippen molar-refractivity contribution in [3.05, 3.63) is 53.7 Å². The zero-order valence-electron chi connectivity index (χ0n) is 13.6. The zero-order valence-corrected chi connectivity index (χ0v) is 13.6. The number of hydrogen-bond donors (Lipinski definition) is 1. The van der Waals surface area contributed by atoms with Crippen LogP contribution in [0.3, 0.4) is 0 Å². The molecule has 0 aliphatic heterocycles. The number of aromatic nitrogens is 2. The summed E-state index contributed by atoms with van der Waals surface area (Å²) in [5.41, 5.74) is 5.84. The third-order valence-corrected chi connectivity index (χ3v) is 3.99. The average Bonchev–Trinajstić information content (AvgIpc) is 2.80. The summed E-state index contributed by atoms with van der Waals surface area (Å²) in [7, 11) is 6.09. The van der Waals surface area contributed by atoms with Crippen LogP contribution >= 0.6 is 0 Å². The van der Waals surface area contributed by atoms with Crippen LogP contribution in [0.2, 0.25) is 0 Å². The molecule has 0 spiro atoms. The molecule has 0 atom stereocenters. The van der Waals surface area contributed by atoms with Crippen molar-refractivity contribution in [1.29, 1.82) is 0 Å². The van der Waals surface area contributed by atoms with E-state index in [0.717, 1.165) is 23.4 Å². The van der Waals surface area contributed by atoms with Crippen LogP contribution in [0.25, 0.3) is 10.9 Å². The van der Waals surface area contributed by atoms with Crippen molar-refractivity contribution in [3.63, 3.8) is 0 Å². The molecule has 1 aromatic heterocycles. The van der Waals surface area contributed by atoms with Gasteiger partial charge in [-0.3, -0.25) is 4.68 Å². The van der Waals surface area contributed by atoms with Gasteiger partial charge in [0.1, 0.15) is 0 Å². The zero-order chi connectivity index (χ0) is 15.7. The average molecular weight is 294 g/mol. The first kappa shape index (κ1) is 14.4. The Bertz CT molecular complexity index is 785. The Morgan fingerprint density at radius 2 is 1.82 bits per heavy atom. The molecule has 0 saturated carbocycles. The van der Waals surface area contributed by atoms with Crippen molar-refractivity contribution >= 4 is 22.3 Å². The molecule has 1 heterocycles. The Morgan fingerprint density at radius 1 is 1.09 bits per heavy atom. The highest BCUT2D eigenvalue weighted by Crippen LogP contribution is 2.22. The predicted octanol–water partition coefficient (Wildman–Crippen LogP) is 3.56. The fourth-order valence-corrected chi connectivity index (χ4v) is 2.66. The molecule has 3 rings (SSSR count). The molecule has 0 fully saturated rings. The molecule has 22 heavy (non-hydrogen) atoms. The smallest absolute Gasteiger partial charge is 0.0702 e. The minimum atomic E-state index is 0.816. The molecule has 114 valence electrons. The fraction of sp³-hybridized carbons (Fsp3) is 0.278. The van der Waals surface area contributed by atoms with Crippen molar-refractivity contribution in [3.8, 4) is 0 Å². The molecule has 2 aromatic carbocycles. The Morgan fingerprint density at radius 3 is 2.50 bits per heavy atom. The van der Waals surface area contributed by atoms with Gasteiger partial charge in [0.25, 0.3) is 0 Å². The predicted molar refractivity (Wildman–Crippen MR) is 93.5 cm³/mol. The van der Waals surface area contributed by atoms with Crippen molar-refractivity contribution < 1.29 is 0 Å². The van der Waals surface area contributed by atoms with Gasteiger partial charge in [0, 0.05) is 44.4 Å².